The van der Waals surface area contributed by atoms with Crippen LogP contribution in [0.4, 0.5) is 0 Å². The zero-order valence-corrected chi connectivity index (χ0v) is 11.6. The third kappa shape index (κ3) is 4.34. The van der Waals surface area contributed by atoms with Gasteiger partial charge in [-0.2, -0.15) is 0 Å². The van der Waals surface area contributed by atoms with Gasteiger partial charge in [-0.1, -0.05) is 31.9 Å². The van der Waals surface area contributed by atoms with Crippen LogP contribution in [0.15, 0.2) is 0 Å². The van der Waals surface area contributed by atoms with Gasteiger partial charge in [0.15, 0.2) is 0 Å². The fourth-order valence-corrected chi connectivity index (χ4v) is 3.90. The summed E-state index contributed by atoms with van der Waals surface area (Å²) >= 11 is 6.77. The van der Waals surface area contributed by atoms with Gasteiger partial charge in [-0.15, -0.1) is 0 Å². The molecule has 74 valence electrons. The molecule has 0 aromatic rings. The molecule has 0 saturated heterocycles. The topological polar surface area (TPSA) is 27.7 Å². The molecule has 0 rings (SSSR count). The van der Waals surface area contributed by atoms with Crippen LogP contribution in [-0.4, -0.2) is 33.9 Å². The van der Waals surface area contributed by atoms with E-state index in [1.54, 1.807) is 21.3 Å². The highest BCUT2D eigenvalue weighted by atomic mass is 79.9. The Balaban J connectivity index is 3.93. The van der Waals surface area contributed by atoms with Gasteiger partial charge >= 0.3 is 8.80 Å². The maximum Gasteiger partial charge on any atom is 0.500 e. The average Bonchev–Trinajstić information content (AvgIpc) is 2.08. The molecule has 0 radical (unpaired) electrons. The highest BCUT2D eigenvalue weighted by molar-refractivity contribution is 9.24. The molecule has 0 atom stereocenters. The lowest BCUT2D eigenvalue weighted by molar-refractivity contribution is 0.123. The van der Waals surface area contributed by atoms with E-state index in [2.05, 4.69) is 31.9 Å². The van der Waals surface area contributed by atoms with Gasteiger partial charge in [0.05, 0.1) is 3.74 Å². The second-order valence-corrected chi connectivity index (χ2v) is 8.76. The molecule has 0 spiro atoms. The maximum atomic E-state index is 5.24. The summed E-state index contributed by atoms with van der Waals surface area (Å²) in [6.45, 7) is 0. The molecule has 3 nitrogen and oxygen atoms in total. The molecule has 0 aliphatic heterocycles. The quantitative estimate of drug-likeness (QED) is 0.555. The fourth-order valence-electron chi connectivity index (χ4n) is 0.842. The normalized spacial score (nSPS) is 12.5. The van der Waals surface area contributed by atoms with Crippen molar-refractivity contribution >= 4 is 40.7 Å². The summed E-state index contributed by atoms with van der Waals surface area (Å²) in [5.74, 6) is 0. The molecule has 0 saturated carbocycles. The summed E-state index contributed by atoms with van der Waals surface area (Å²) in [4.78, 5) is 0. The number of halogens is 2. The highest BCUT2D eigenvalue weighted by Crippen LogP contribution is 2.22. The van der Waals surface area contributed by atoms with Gasteiger partial charge in [-0.25, -0.2) is 0 Å². The van der Waals surface area contributed by atoms with E-state index in [4.69, 9.17) is 13.3 Å². The van der Waals surface area contributed by atoms with E-state index in [-0.39, 0.29) is 3.74 Å². The smallest absolute Gasteiger partial charge is 0.377 e. The molecule has 0 N–H and O–H groups in total. The molecule has 0 amide bonds. The van der Waals surface area contributed by atoms with Gasteiger partial charge < -0.3 is 13.3 Å². The molecule has 12 heavy (non-hydrogen) atoms. The Morgan fingerprint density at radius 2 is 1.50 bits per heavy atom. The molecule has 0 heterocycles. The summed E-state index contributed by atoms with van der Waals surface area (Å²) in [6, 6.07) is 0.803. The Bertz CT molecular complexity index is 111. The van der Waals surface area contributed by atoms with Crippen molar-refractivity contribution in [1.82, 2.24) is 0 Å². The summed E-state index contributed by atoms with van der Waals surface area (Å²) in [5, 5.41) is 0. The van der Waals surface area contributed by atoms with Crippen LogP contribution < -0.4 is 0 Å². The van der Waals surface area contributed by atoms with E-state index in [9.17, 15) is 0 Å². The van der Waals surface area contributed by atoms with Crippen molar-refractivity contribution in [3.8, 4) is 0 Å². The third-order valence-corrected chi connectivity index (χ3v) is 5.28. The van der Waals surface area contributed by atoms with Crippen molar-refractivity contribution in [2.75, 3.05) is 21.3 Å². The van der Waals surface area contributed by atoms with E-state index in [0.717, 1.165) is 12.5 Å². The second-order valence-electron chi connectivity index (χ2n) is 2.23. The van der Waals surface area contributed by atoms with Crippen LogP contribution in [-0.2, 0) is 13.3 Å². The van der Waals surface area contributed by atoms with Gasteiger partial charge in [0.25, 0.3) is 0 Å². The molecule has 0 unspecified atom stereocenters. The van der Waals surface area contributed by atoms with E-state index in [1.165, 1.54) is 0 Å². The van der Waals surface area contributed by atoms with Gasteiger partial charge in [0.1, 0.15) is 0 Å². The van der Waals surface area contributed by atoms with Crippen LogP contribution in [0, 0.1) is 0 Å². The minimum Gasteiger partial charge on any atom is -0.377 e. The number of rotatable bonds is 6. The zero-order chi connectivity index (χ0) is 9.61. The highest BCUT2D eigenvalue weighted by Gasteiger charge is 2.37. The van der Waals surface area contributed by atoms with Crippen molar-refractivity contribution in [2.24, 2.45) is 0 Å². The largest absolute Gasteiger partial charge is 0.500 e. The lowest BCUT2D eigenvalue weighted by atomic mass is 10.6. The van der Waals surface area contributed by atoms with Crippen LogP contribution in [0.5, 0.6) is 0 Å². The van der Waals surface area contributed by atoms with Gasteiger partial charge in [0.2, 0.25) is 0 Å². The molecule has 0 fully saturated rings. The van der Waals surface area contributed by atoms with Crippen molar-refractivity contribution in [1.29, 1.82) is 0 Å². The predicted octanol–water partition coefficient (Wildman–Crippen LogP) is 2.37. The third-order valence-electron chi connectivity index (χ3n) is 1.60. The molecule has 0 aromatic heterocycles. The number of hydrogen-bond acceptors (Lipinski definition) is 3. The summed E-state index contributed by atoms with van der Waals surface area (Å²) in [5.41, 5.74) is 0. The summed E-state index contributed by atoms with van der Waals surface area (Å²) < 4.78 is 16.0. The number of hydrogen-bond donors (Lipinski definition) is 0. The van der Waals surface area contributed by atoms with E-state index >= 15 is 0 Å². The molecule has 0 aliphatic rings. The minimum atomic E-state index is -2.34. The molecular formula is C6H14Br2O3Si. The van der Waals surface area contributed by atoms with Gasteiger partial charge in [-0.3, -0.25) is 0 Å². The van der Waals surface area contributed by atoms with Crippen LogP contribution in [0.2, 0.25) is 6.04 Å². The van der Waals surface area contributed by atoms with Crippen molar-refractivity contribution < 1.29 is 13.3 Å². The lowest BCUT2D eigenvalue weighted by Gasteiger charge is -2.24. The maximum absolute atomic E-state index is 5.24. The average molecular weight is 322 g/mol. The van der Waals surface area contributed by atoms with Crippen LogP contribution in [0.25, 0.3) is 0 Å². The second kappa shape index (κ2) is 6.50. The lowest BCUT2D eigenvalue weighted by Crippen LogP contribution is -2.42. The van der Waals surface area contributed by atoms with Crippen LogP contribution in [0.3, 0.4) is 0 Å². The van der Waals surface area contributed by atoms with Crippen molar-refractivity contribution in [2.45, 2.75) is 16.2 Å². The zero-order valence-electron chi connectivity index (χ0n) is 7.47. The van der Waals surface area contributed by atoms with Crippen molar-refractivity contribution in [3.05, 3.63) is 0 Å². The first-order valence-electron chi connectivity index (χ1n) is 3.54. The molecule has 0 bridgehead atoms. The van der Waals surface area contributed by atoms with Gasteiger partial charge in [-0.05, 0) is 6.42 Å². The SMILES string of the molecule is CO[Si](CCC(Br)Br)(OC)OC. The first-order chi connectivity index (χ1) is 5.60. The first kappa shape index (κ1) is 13.1. The molecular weight excluding hydrogens is 308 g/mol. The number of alkyl halides is 2. The Kier molecular flexibility index (Phi) is 7.07. The molecule has 6 heteroatoms. The Hall–Kier alpha value is 1.06. The Morgan fingerprint density at radius 1 is 1.08 bits per heavy atom. The van der Waals surface area contributed by atoms with E-state index in [1.807, 2.05) is 0 Å². The standard InChI is InChI=1S/C6H14Br2O3Si/c1-9-12(10-2,11-3)5-4-6(7)8/h6H,4-5H2,1-3H3. The summed E-state index contributed by atoms with van der Waals surface area (Å²) in [7, 11) is 2.52. The summed E-state index contributed by atoms with van der Waals surface area (Å²) in [6.07, 6.45) is 0.918. The first-order valence-corrected chi connectivity index (χ1v) is 7.30. The fraction of sp³-hybridized carbons (Fsp3) is 1.00. The van der Waals surface area contributed by atoms with Gasteiger partial charge in [0, 0.05) is 27.4 Å². The molecule has 0 aromatic carbocycles. The Morgan fingerprint density at radius 3 is 1.75 bits per heavy atom. The molecule has 0 aliphatic carbocycles. The van der Waals surface area contributed by atoms with E-state index in [0.29, 0.717) is 0 Å². The van der Waals surface area contributed by atoms with E-state index < -0.39 is 8.80 Å². The van der Waals surface area contributed by atoms with Crippen molar-refractivity contribution in [3.63, 3.8) is 0 Å². The Labute approximate surface area is 91.4 Å². The monoisotopic (exact) mass is 320 g/mol. The van der Waals surface area contributed by atoms with Crippen LogP contribution >= 0.6 is 31.9 Å². The predicted molar refractivity (Wildman–Crippen MR) is 57.8 cm³/mol. The van der Waals surface area contributed by atoms with Crippen LogP contribution in [0.1, 0.15) is 6.42 Å². The minimum absolute atomic E-state index is 0.289.